The molecule has 5 nitrogen and oxygen atoms in total. The van der Waals surface area contributed by atoms with Crippen molar-refractivity contribution in [2.24, 2.45) is 0 Å². The quantitative estimate of drug-likeness (QED) is 0.621. The van der Waals surface area contributed by atoms with Crippen LogP contribution in [0.4, 0.5) is 13.2 Å². The Morgan fingerprint density at radius 1 is 1.37 bits per heavy atom. The van der Waals surface area contributed by atoms with Gasteiger partial charge in [0.2, 0.25) is 0 Å². The minimum Gasteiger partial charge on any atom is -0.495 e. The molecule has 106 valence electrons. The van der Waals surface area contributed by atoms with Crippen LogP contribution in [0.3, 0.4) is 0 Å². The lowest BCUT2D eigenvalue weighted by molar-refractivity contribution is -0.274. The number of hydrogen-bond acceptors (Lipinski definition) is 5. The van der Waals surface area contributed by atoms with Gasteiger partial charge in [-0.2, -0.15) is 0 Å². The molecular weight excluding hydrogens is 335 g/mol. The number of carbonyl (C=O) groups is 1. The van der Waals surface area contributed by atoms with E-state index in [-0.39, 0.29) is 16.8 Å². The van der Waals surface area contributed by atoms with Gasteiger partial charge in [-0.1, -0.05) is 15.9 Å². The van der Waals surface area contributed by atoms with Crippen LogP contribution in [0.25, 0.3) is 0 Å². The fourth-order valence-corrected chi connectivity index (χ4v) is 1.64. The Kier molecular flexibility index (Phi) is 4.98. The molecule has 0 N–H and O–H groups in total. The van der Waals surface area contributed by atoms with Gasteiger partial charge >= 0.3 is 12.3 Å². The van der Waals surface area contributed by atoms with Gasteiger partial charge in [-0.05, 0) is 0 Å². The summed E-state index contributed by atoms with van der Waals surface area (Å²) in [6.45, 7) is 0. The highest BCUT2D eigenvalue weighted by atomic mass is 79.9. The van der Waals surface area contributed by atoms with Crippen molar-refractivity contribution >= 4 is 21.9 Å². The van der Waals surface area contributed by atoms with Crippen molar-refractivity contribution in [3.05, 3.63) is 17.5 Å². The average Bonchev–Trinajstić information content (AvgIpc) is 2.35. The summed E-state index contributed by atoms with van der Waals surface area (Å²) < 4.78 is 49.7. The monoisotopic (exact) mass is 343 g/mol. The number of pyridine rings is 1. The Morgan fingerprint density at radius 2 is 2.00 bits per heavy atom. The fourth-order valence-electron chi connectivity index (χ4n) is 1.23. The maximum Gasteiger partial charge on any atom is 0.573 e. The predicted octanol–water partition coefficient (Wildman–Crippen LogP) is 2.67. The zero-order valence-corrected chi connectivity index (χ0v) is 11.5. The van der Waals surface area contributed by atoms with Crippen LogP contribution in [-0.4, -0.2) is 31.5 Å². The lowest BCUT2D eigenvalue weighted by atomic mass is 10.2. The van der Waals surface area contributed by atoms with Gasteiger partial charge < -0.3 is 14.2 Å². The molecule has 0 spiro atoms. The van der Waals surface area contributed by atoms with E-state index in [1.165, 1.54) is 7.11 Å². The van der Waals surface area contributed by atoms with Crippen LogP contribution in [0.15, 0.2) is 6.07 Å². The van der Waals surface area contributed by atoms with Crippen LogP contribution in [0, 0.1) is 0 Å². The van der Waals surface area contributed by atoms with Gasteiger partial charge in [0, 0.05) is 11.4 Å². The lowest BCUT2D eigenvalue weighted by Gasteiger charge is -2.14. The Balaban J connectivity index is 3.35. The highest BCUT2D eigenvalue weighted by Crippen LogP contribution is 2.32. The SMILES string of the molecule is COC(=O)c1nc(CBr)c(OC)cc1OC(F)(F)F. The molecule has 0 unspecified atom stereocenters. The van der Waals surface area contributed by atoms with E-state index in [0.717, 1.165) is 13.2 Å². The Morgan fingerprint density at radius 3 is 2.42 bits per heavy atom. The van der Waals surface area contributed by atoms with Crippen LogP contribution >= 0.6 is 15.9 Å². The third kappa shape index (κ3) is 3.98. The van der Waals surface area contributed by atoms with Crippen molar-refractivity contribution < 1.29 is 32.2 Å². The van der Waals surface area contributed by atoms with Gasteiger partial charge in [-0.15, -0.1) is 13.2 Å². The molecule has 1 aromatic rings. The van der Waals surface area contributed by atoms with Gasteiger partial charge in [0.1, 0.15) is 5.75 Å². The fraction of sp³-hybridized carbons (Fsp3) is 0.400. The van der Waals surface area contributed by atoms with Gasteiger partial charge in [-0.3, -0.25) is 0 Å². The standard InChI is InChI=1S/C10H9BrF3NO4/c1-17-6-3-7(19-10(12,13)14)8(9(16)18-2)15-5(6)4-11/h3H,4H2,1-2H3. The van der Waals surface area contributed by atoms with Crippen LogP contribution in [0.1, 0.15) is 16.2 Å². The van der Waals surface area contributed by atoms with Gasteiger partial charge in [-0.25, -0.2) is 9.78 Å². The van der Waals surface area contributed by atoms with E-state index >= 15 is 0 Å². The van der Waals surface area contributed by atoms with Crippen molar-refractivity contribution in [3.8, 4) is 11.5 Å². The molecule has 0 bridgehead atoms. The first-order chi connectivity index (χ1) is 8.82. The summed E-state index contributed by atoms with van der Waals surface area (Å²) in [6.07, 6.45) is -4.95. The van der Waals surface area contributed by atoms with E-state index in [1.54, 1.807) is 0 Å². The largest absolute Gasteiger partial charge is 0.573 e. The maximum absolute atomic E-state index is 12.3. The molecule has 0 saturated heterocycles. The molecule has 0 aliphatic rings. The van der Waals surface area contributed by atoms with Crippen LogP contribution < -0.4 is 9.47 Å². The first-order valence-electron chi connectivity index (χ1n) is 4.80. The number of nitrogens with zero attached hydrogens (tertiary/aromatic N) is 1. The molecule has 0 amide bonds. The van der Waals surface area contributed by atoms with Crippen molar-refractivity contribution in [2.75, 3.05) is 14.2 Å². The first-order valence-corrected chi connectivity index (χ1v) is 5.92. The van der Waals surface area contributed by atoms with E-state index in [2.05, 4.69) is 30.4 Å². The van der Waals surface area contributed by atoms with Gasteiger partial charge in [0.15, 0.2) is 11.4 Å². The zero-order chi connectivity index (χ0) is 14.6. The third-order valence-electron chi connectivity index (χ3n) is 1.98. The topological polar surface area (TPSA) is 57.7 Å². The number of halogens is 4. The number of hydrogen-bond donors (Lipinski definition) is 0. The second-order valence-electron chi connectivity index (χ2n) is 3.16. The highest BCUT2D eigenvalue weighted by molar-refractivity contribution is 9.08. The number of ether oxygens (including phenoxy) is 3. The smallest absolute Gasteiger partial charge is 0.495 e. The number of alkyl halides is 4. The molecule has 0 radical (unpaired) electrons. The Bertz CT molecular complexity index is 479. The molecule has 0 fully saturated rings. The van der Waals surface area contributed by atoms with E-state index in [1.807, 2.05) is 0 Å². The van der Waals surface area contributed by atoms with Crippen LogP contribution in [0.2, 0.25) is 0 Å². The van der Waals surface area contributed by atoms with Gasteiger partial charge in [0.25, 0.3) is 0 Å². The summed E-state index contributed by atoms with van der Waals surface area (Å²) in [6, 6.07) is 0.934. The van der Waals surface area contributed by atoms with Crippen molar-refractivity contribution in [1.82, 2.24) is 4.98 Å². The normalized spacial score (nSPS) is 11.1. The molecule has 1 rings (SSSR count). The average molecular weight is 344 g/mol. The summed E-state index contributed by atoms with van der Waals surface area (Å²) in [5.74, 6) is -1.76. The summed E-state index contributed by atoms with van der Waals surface area (Å²) >= 11 is 3.08. The minimum atomic E-state index is -4.95. The molecule has 19 heavy (non-hydrogen) atoms. The van der Waals surface area contributed by atoms with Crippen molar-refractivity contribution in [3.63, 3.8) is 0 Å². The number of aromatic nitrogens is 1. The van der Waals surface area contributed by atoms with E-state index < -0.39 is 23.8 Å². The second kappa shape index (κ2) is 6.09. The lowest BCUT2D eigenvalue weighted by Crippen LogP contribution is -2.20. The maximum atomic E-state index is 12.3. The highest BCUT2D eigenvalue weighted by Gasteiger charge is 2.34. The molecule has 1 heterocycles. The number of esters is 1. The predicted molar refractivity (Wildman–Crippen MR) is 61.4 cm³/mol. The van der Waals surface area contributed by atoms with E-state index in [0.29, 0.717) is 0 Å². The first kappa shape index (κ1) is 15.5. The number of methoxy groups -OCH3 is 2. The summed E-state index contributed by atoms with van der Waals surface area (Å²) in [7, 11) is 2.29. The molecule has 1 aromatic heterocycles. The van der Waals surface area contributed by atoms with Crippen LogP contribution in [0.5, 0.6) is 11.5 Å². The van der Waals surface area contributed by atoms with Crippen molar-refractivity contribution in [2.45, 2.75) is 11.7 Å². The molecule has 0 atom stereocenters. The van der Waals surface area contributed by atoms with Gasteiger partial charge in [0.05, 0.1) is 19.9 Å². The summed E-state index contributed by atoms with van der Waals surface area (Å²) in [5, 5.41) is 0.187. The molecule has 0 aromatic carbocycles. The molecule has 0 aliphatic carbocycles. The molecular formula is C10H9BrF3NO4. The zero-order valence-electron chi connectivity index (χ0n) is 9.88. The molecule has 0 saturated carbocycles. The van der Waals surface area contributed by atoms with Crippen LogP contribution in [-0.2, 0) is 10.1 Å². The summed E-state index contributed by atoms with van der Waals surface area (Å²) in [5.41, 5.74) is -0.326. The molecule has 0 aliphatic heterocycles. The van der Waals surface area contributed by atoms with E-state index in [9.17, 15) is 18.0 Å². The number of carbonyl (C=O) groups excluding carboxylic acids is 1. The Hall–Kier alpha value is -1.51. The van der Waals surface area contributed by atoms with E-state index in [4.69, 9.17) is 4.74 Å². The summed E-state index contributed by atoms with van der Waals surface area (Å²) in [4.78, 5) is 15.1. The third-order valence-corrected chi connectivity index (χ3v) is 2.51. The van der Waals surface area contributed by atoms with Crippen molar-refractivity contribution in [1.29, 1.82) is 0 Å². The number of rotatable bonds is 4. The second-order valence-corrected chi connectivity index (χ2v) is 3.72. The molecule has 9 heteroatoms. The minimum absolute atomic E-state index is 0.0591. The Labute approximate surface area is 114 Å².